The minimum atomic E-state index is -3.90. The summed E-state index contributed by atoms with van der Waals surface area (Å²) in [5.41, 5.74) is 2.29. The molecule has 0 radical (unpaired) electrons. The molecule has 0 fully saturated rings. The number of rotatable bonds is 12. The third-order valence-corrected chi connectivity index (χ3v) is 7.11. The van der Waals surface area contributed by atoms with E-state index in [0.29, 0.717) is 24.1 Å². The van der Waals surface area contributed by atoms with E-state index in [1.54, 1.807) is 30.3 Å². The molecule has 10 nitrogen and oxygen atoms in total. The molecule has 11 heteroatoms. The molecule has 0 saturated heterocycles. The first kappa shape index (κ1) is 26.4. The monoisotopic (exact) mass is 531 g/mol. The predicted molar refractivity (Wildman–Crippen MR) is 143 cm³/mol. The van der Waals surface area contributed by atoms with E-state index in [1.807, 2.05) is 30.3 Å². The molecule has 38 heavy (non-hydrogen) atoms. The minimum Gasteiger partial charge on any atom is -0.378 e. The normalized spacial score (nSPS) is 11.9. The number of aryl methyl sites for hydroxylation is 1. The third-order valence-electron chi connectivity index (χ3n) is 5.77. The minimum absolute atomic E-state index is 0.0151. The lowest BCUT2D eigenvalue weighted by atomic mass is 9.97. The summed E-state index contributed by atoms with van der Waals surface area (Å²) in [5, 5.41) is 14.3. The van der Waals surface area contributed by atoms with Gasteiger partial charge in [0.05, 0.1) is 15.9 Å². The highest BCUT2D eigenvalue weighted by Crippen LogP contribution is 2.27. The van der Waals surface area contributed by atoms with Crippen molar-refractivity contribution in [3.63, 3.8) is 0 Å². The molecular weight excluding hydrogens is 506 g/mol. The standard InChI is InChI=1S/C27H25N5O5S/c33-24(14-7-20-5-2-1-3-6-20)19-26(21-8-12-23(13-9-21)32(34)35)30-22-10-15-25(16-11-22)38(36,37)31-27-28-17-4-18-29-27/h1-6,8-13,15-18,26,30H,7,14,19H2,(H,28,29,31). The van der Waals surface area contributed by atoms with Gasteiger partial charge in [-0.1, -0.05) is 42.5 Å². The summed E-state index contributed by atoms with van der Waals surface area (Å²) in [4.78, 5) is 31.2. The van der Waals surface area contributed by atoms with Gasteiger partial charge < -0.3 is 5.32 Å². The molecule has 1 heterocycles. The van der Waals surface area contributed by atoms with Gasteiger partial charge in [-0.15, -0.1) is 0 Å². The van der Waals surface area contributed by atoms with Gasteiger partial charge >= 0.3 is 0 Å². The number of ketones is 1. The van der Waals surface area contributed by atoms with Crippen LogP contribution in [0.25, 0.3) is 0 Å². The van der Waals surface area contributed by atoms with E-state index in [-0.39, 0.29) is 28.7 Å². The highest BCUT2D eigenvalue weighted by molar-refractivity contribution is 7.92. The van der Waals surface area contributed by atoms with Crippen LogP contribution in [0.15, 0.2) is 102 Å². The lowest BCUT2D eigenvalue weighted by Gasteiger charge is -2.20. The molecular formula is C27H25N5O5S. The van der Waals surface area contributed by atoms with E-state index < -0.39 is 21.0 Å². The van der Waals surface area contributed by atoms with E-state index in [1.165, 1.54) is 36.7 Å². The average molecular weight is 532 g/mol. The number of hydrogen-bond acceptors (Lipinski definition) is 8. The largest absolute Gasteiger partial charge is 0.378 e. The van der Waals surface area contributed by atoms with Crippen molar-refractivity contribution in [1.29, 1.82) is 0 Å². The number of benzene rings is 3. The van der Waals surface area contributed by atoms with Gasteiger partial charge in [0.15, 0.2) is 0 Å². The number of nitrogens with zero attached hydrogens (tertiary/aromatic N) is 3. The van der Waals surface area contributed by atoms with Crippen molar-refractivity contribution in [1.82, 2.24) is 9.97 Å². The second-order valence-corrected chi connectivity index (χ2v) is 10.2. The molecule has 0 aliphatic carbocycles. The van der Waals surface area contributed by atoms with Gasteiger partial charge in [0.1, 0.15) is 5.78 Å². The number of carbonyl (C=O) groups is 1. The Bertz CT molecular complexity index is 1480. The van der Waals surface area contributed by atoms with Gasteiger partial charge in [-0.25, -0.2) is 23.1 Å². The fourth-order valence-electron chi connectivity index (χ4n) is 3.80. The van der Waals surface area contributed by atoms with Crippen molar-refractivity contribution >= 4 is 33.1 Å². The fourth-order valence-corrected chi connectivity index (χ4v) is 4.76. The first-order chi connectivity index (χ1) is 18.3. The quantitative estimate of drug-likeness (QED) is 0.193. The van der Waals surface area contributed by atoms with E-state index in [2.05, 4.69) is 20.0 Å². The summed E-state index contributed by atoms with van der Waals surface area (Å²) in [5.74, 6) is -0.0158. The SMILES string of the molecule is O=C(CCc1ccccc1)CC(Nc1ccc(S(=O)(=O)Nc2ncccn2)cc1)c1ccc([N+](=O)[O-])cc1. The molecule has 0 spiro atoms. The lowest BCUT2D eigenvalue weighted by Crippen LogP contribution is -2.17. The topological polar surface area (TPSA) is 144 Å². The Hall–Kier alpha value is -4.64. The Morgan fingerprint density at radius 3 is 2.18 bits per heavy atom. The summed E-state index contributed by atoms with van der Waals surface area (Å²) in [6.07, 6.45) is 3.96. The first-order valence-corrected chi connectivity index (χ1v) is 13.2. The number of anilines is 2. The van der Waals surface area contributed by atoms with E-state index in [0.717, 1.165) is 5.56 Å². The van der Waals surface area contributed by atoms with Gasteiger partial charge in [-0.2, -0.15) is 0 Å². The maximum Gasteiger partial charge on any atom is 0.269 e. The number of carbonyl (C=O) groups excluding carboxylic acids is 1. The maximum absolute atomic E-state index is 12.9. The molecule has 194 valence electrons. The Morgan fingerprint density at radius 1 is 0.895 bits per heavy atom. The van der Waals surface area contributed by atoms with Crippen LogP contribution >= 0.6 is 0 Å². The van der Waals surface area contributed by atoms with Gasteiger partial charge in [-0.05, 0) is 47.9 Å². The van der Waals surface area contributed by atoms with Crippen molar-refractivity contribution in [2.75, 3.05) is 10.0 Å². The Morgan fingerprint density at radius 2 is 1.55 bits per heavy atom. The van der Waals surface area contributed by atoms with Crippen LogP contribution < -0.4 is 10.0 Å². The summed E-state index contributed by atoms with van der Waals surface area (Å²) >= 11 is 0. The highest BCUT2D eigenvalue weighted by atomic mass is 32.2. The second-order valence-electron chi connectivity index (χ2n) is 8.48. The average Bonchev–Trinajstić information content (AvgIpc) is 2.93. The predicted octanol–water partition coefficient (Wildman–Crippen LogP) is 4.93. The molecule has 3 aromatic carbocycles. The van der Waals surface area contributed by atoms with Crippen LogP contribution in [-0.2, 0) is 21.2 Å². The van der Waals surface area contributed by atoms with E-state index >= 15 is 0 Å². The van der Waals surface area contributed by atoms with Crippen molar-refractivity contribution in [2.45, 2.75) is 30.2 Å². The van der Waals surface area contributed by atoms with Crippen LogP contribution in [-0.4, -0.2) is 29.1 Å². The molecule has 4 rings (SSSR count). The molecule has 1 aromatic heterocycles. The molecule has 0 saturated carbocycles. The number of nitro benzene ring substituents is 1. The van der Waals surface area contributed by atoms with Crippen LogP contribution in [0, 0.1) is 10.1 Å². The summed E-state index contributed by atoms with van der Waals surface area (Å²) in [6.45, 7) is 0. The molecule has 1 unspecified atom stereocenters. The van der Waals surface area contributed by atoms with Gasteiger partial charge in [0.25, 0.3) is 15.7 Å². The number of non-ortho nitro benzene ring substituents is 1. The van der Waals surface area contributed by atoms with Crippen LogP contribution in [0.2, 0.25) is 0 Å². The number of nitrogens with one attached hydrogen (secondary N) is 2. The van der Waals surface area contributed by atoms with E-state index in [9.17, 15) is 23.3 Å². The van der Waals surface area contributed by atoms with Crippen LogP contribution in [0.1, 0.15) is 30.0 Å². The lowest BCUT2D eigenvalue weighted by molar-refractivity contribution is -0.384. The zero-order chi connectivity index (χ0) is 27.0. The molecule has 1 atom stereocenters. The molecule has 0 amide bonds. The molecule has 4 aromatic rings. The second kappa shape index (κ2) is 12.1. The number of nitro groups is 1. The smallest absolute Gasteiger partial charge is 0.269 e. The zero-order valence-electron chi connectivity index (χ0n) is 20.2. The van der Waals surface area contributed by atoms with Gasteiger partial charge in [0, 0.05) is 43.1 Å². The van der Waals surface area contributed by atoms with E-state index in [4.69, 9.17) is 0 Å². The number of Topliss-reactive ketones (excluding diaryl/α,β-unsaturated/α-hetero) is 1. The number of sulfonamides is 1. The molecule has 2 N–H and O–H groups in total. The van der Waals surface area contributed by atoms with Gasteiger partial charge in [0.2, 0.25) is 5.95 Å². The maximum atomic E-state index is 12.9. The van der Waals surface area contributed by atoms with Crippen molar-refractivity contribution < 1.29 is 18.1 Å². The highest BCUT2D eigenvalue weighted by Gasteiger charge is 2.19. The third kappa shape index (κ3) is 7.20. The van der Waals surface area contributed by atoms with Crippen LogP contribution in [0.5, 0.6) is 0 Å². The Labute approximate surface area is 220 Å². The molecule has 0 aliphatic rings. The van der Waals surface area contributed by atoms with Crippen molar-refractivity contribution in [3.8, 4) is 0 Å². The summed E-state index contributed by atoms with van der Waals surface area (Å²) < 4.78 is 27.7. The van der Waals surface area contributed by atoms with Crippen LogP contribution in [0.4, 0.5) is 17.3 Å². The summed E-state index contributed by atoms with van der Waals surface area (Å²) in [6, 6.07) is 22.9. The molecule has 0 bridgehead atoms. The van der Waals surface area contributed by atoms with Crippen molar-refractivity contribution in [3.05, 3.63) is 119 Å². The Kier molecular flexibility index (Phi) is 8.39. The fraction of sp³-hybridized carbons (Fsp3) is 0.148. The number of hydrogen-bond donors (Lipinski definition) is 2. The summed E-state index contributed by atoms with van der Waals surface area (Å²) in [7, 11) is -3.90. The van der Waals surface area contributed by atoms with Gasteiger partial charge in [-0.3, -0.25) is 14.9 Å². The zero-order valence-corrected chi connectivity index (χ0v) is 21.0. The Balaban J connectivity index is 1.49. The number of aromatic nitrogens is 2. The molecule has 0 aliphatic heterocycles. The van der Waals surface area contributed by atoms with Crippen LogP contribution in [0.3, 0.4) is 0 Å². The van der Waals surface area contributed by atoms with Crippen molar-refractivity contribution in [2.24, 2.45) is 0 Å². The first-order valence-electron chi connectivity index (χ1n) is 11.8.